The number of nitrogens with zero attached hydrogens (tertiary/aromatic N) is 4. The molecule has 1 aliphatic heterocycles. The Bertz CT molecular complexity index is 588. The van der Waals surface area contributed by atoms with Crippen LogP contribution in [0.25, 0.3) is 0 Å². The Labute approximate surface area is 180 Å². The minimum Gasteiger partial charge on any atom is -0.480 e. The molecule has 0 aromatic heterocycles. The standard InChI is InChI=1S/C18H33N5O8/c1-19-10-14(18(30)31)23-8-6-21(12-16(26)27)4-2-20(11-15(24)25)3-5-22(7-9-23)13-17(28)29/h14,19H,2-13H2,1H3,(H,24,25)(H,26,27)(H,28,29)(H,30,31). The molecular formula is C18H33N5O8. The van der Waals surface area contributed by atoms with Gasteiger partial charge in [0, 0.05) is 58.9 Å². The Morgan fingerprint density at radius 1 is 0.677 bits per heavy atom. The van der Waals surface area contributed by atoms with E-state index in [2.05, 4.69) is 5.32 Å². The Morgan fingerprint density at radius 2 is 1.00 bits per heavy atom. The molecule has 0 aromatic rings. The summed E-state index contributed by atoms with van der Waals surface area (Å²) in [6.45, 7) is 1.70. The van der Waals surface area contributed by atoms with Crippen LogP contribution in [0, 0.1) is 0 Å². The summed E-state index contributed by atoms with van der Waals surface area (Å²) in [7, 11) is 1.64. The molecule has 1 rings (SSSR count). The van der Waals surface area contributed by atoms with Crippen LogP contribution in [0.4, 0.5) is 0 Å². The van der Waals surface area contributed by atoms with Gasteiger partial charge in [-0.05, 0) is 7.05 Å². The number of rotatable bonds is 10. The number of nitrogens with one attached hydrogen (secondary N) is 1. The molecule has 0 aromatic carbocycles. The van der Waals surface area contributed by atoms with Gasteiger partial charge in [-0.15, -0.1) is 0 Å². The maximum absolute atomic E-state index is 11.8. The van der Waals surface area contributed by atoms with Crippen molar-refractivity contribution >= 4 is 23.9 Å². The lowest BCUT2D eigenvalue weighted by molar-refractivity contribution is -0.144. The molecular weight excluding hydrogens is 414 g/mol. The predicted molar refractivity (Wildman–Crippen MR) is 109 cm³/mol. The molecule has 5 N–H and O–H groups in total. The van der Waals surface area contributed by atoms with E-state index >= 15 is 0 Å². The maximum Gasteiger partial charge on any atom is 0.322 e. The van der Waals surface area contributed by atoms with Gasteiger partial charge in [0.25, 0.3) is 0 Å². The molecule has 0 spiro atoms. The molecule has 1 atom stereocenters. The van der Waals surface area contributed by atoms with Crippen molar-refractivity contribution in [3.8, 4) is 0 Å². The second-order valence-corrected chi connectivity index (χ2v) is 7.46. The van der Waals surface area contributed by atoms with Gasteiger partial charge < -0.3 is 25.7 Å². The van der Waals surface area contributed by atoms with Crippen LogP contribution >= 0.6 is 0 Å². The van der Waals surface area contributed by atoms with Crippen molar-refractivity contribution in [2.45, 2.75) is 6.04 Å². The van der Waals surface area contributed by atoms with Crippen LogP contribution in [0.3, 0.4) is 0 Å². The second-order valence-electron chi connectivity index (χ2n) is 7.46. The van der Waals surface area contributed by atoms with Crippen molar-refractivity contribution in [3.05, 3.63) is 0 Å². The summed E-state index contributed by atoms with van der Waals surface area (Å²) in [5, 5.41) is 40.0. The van der Waals surface area contributed by atoms with E-state index in [9.17, 15) is 34.5 Å². The molecule has 0 radical (unpaired) electrons. The van der Waals surface area contributed by atoms with Crippen molar-refractivity contribution in [1.29, 1.82) is 0 Å². The van der Waals surface area contributed by atoms with Crippen molar-refractivity contribution in [3.63, 3.8) is 0 Å². The third kappa shape index (κ3) is 11.0. The van der Waals surface area contributed by atoms with Gasteiger partial charge in [-0.25, -0.2) is 0 Å². The van der Waals surface area contributed by atoms with Crippen LogP contribution < -0.4 is 5.32 Å². The number of hydrogen-bond donors (Lipinski definition) is 5. The number of aliphatic carboxylic acids is 4. The van der Waals surface area contributed by atoms with Crippen molar-refractivity contribution in [1.82, 2.24) is 24.9 Å². The molecule has 0 saturated carbocycles. The molecule has 0 bridgehead atoms. The Morgan fingerprint density at radius 3 is 1.26 bits per heavy atom. The second kappa shape index (κ2) is 13.9. The highest BCUT2D eigenvalue weighted by atomic mass is 16.4. The molecule has 31 heavy (non-hydrogen) atoms. The van der Waals surface area contributed by atoms with Gasteiger partial charge >= 0.3 is 23.9 Å². The SMILES string of the molecule is CNCC(C(=O)O)N1CCN(CC(=O)O)CCN(CC(=O)O)CCN(CC(=O)O)CC1. The predicted octanol–water partition coefficient (Wildman–Crippen LogP) is -2.87. The summed E-state index contributed by atoms with van der Waals surface area (Å²) in [6, 6.07) is -0.852. The summed E-state index contributed by atoms with van der Waals surface area (Å²) >= 11 is 0. The van der Waals surface area contributed by atoms with E-state index in [4.69, 9.17) is 5.11 Å². The Hall–Kier alpha value is -2.32. The number of carboxylic acids is 4. The van der Waals surface area contributed by atoms with E-state index in [1.807, 2.05) is 0 Å². The van der Waals surface area contributed by atoms with Crippen LogP contribution in [-0.2, 0) is 19.2 Å². The molecule has 1 fully saturated rings. The van der Waals surface area contributed by atoms with E-state index in [-0.39, 0.29) is 65.4 Å². The summed E-state index contributed by atoms with van der Waals surface area (Å²) < 4.78 is 0. The maximum atomic E-state index is 11.8. The van der Waals surface area contributed by atoms with Gasteiger partial charge in [-0.2, -0.15) is 0 Å². The highest BCUT2D eigenvalue weighted by Gasteiger charge is 2.27. The van der Waals surface area contributed by atoms with Crippen LogP contribution in [0.1, 0.15) is 0 Å². The number of carboxylic acid groups (broad SMARTS) is 4. The summed E-state index contributed by atoms with van der Waals surface area (Å²) in [6.07, 6.45) is 0. The molecule has 13 nitrogen and oxygen atoms in total. The van der Waals surface area contributed by atoms with E-state index in [1.165, 1.54) is 0 Å². The zero-order chi connectivity index (χ0) is 23.4. The number of hydrogen-bond acceptors (Lipinski definition) is 9. The average Bonchev–Trinajstić information content (AvgIpc) is 2.65. The Balaban J connectivity index is 3.06. The lowest BCUT2D eigenvalue weighted by Gasteiger charge is -2.35. The van der Waals surface area contributed by atoms with Crippen molar-refractivity contribution in [2.24, 2.45) is 0 Å². The van der Waals surface area contributed by atoms with Crippen LogP contribution in [0.2, 0.25) is 0 Å². The normalized spacial score (nSPS) is 19.8. The third-order valence-corrected chi connectivity index (χ3v) is 5.07. The summed E-state index contributed by atoms with van der Waals surface area (Å²) in [5.41, 5.74) is 0. The van der Waals surface area contributed by atoms with E-state index in [0.717, 1.165) is 0 Å². The molecule has 1 heterocycles. The highest BCUT2D eigenvalue weighted by molar-refractivity contribution is 5.74. The monoisotopic (exact) mass is 447 g/mol. The van der Waals surface area contributed by atoms with Crippen molar-refractivity contribution < 1.29 is 39.6 Å². The van der Waals surface area contributed by atoms with Gasteiger partial charge in [0.15, 0.2) is 0 Å². The average molecular weight is 447 g/mol. The highest BCUT2D eigenvalue weighted by Crippen LogP contribution is 2.05. The molecule has 1 unspecified atom stereocenters. The first-order chi connectivity index (χ1) is 14.6. The lowest BCUT2D eigenvalue weighted by Crippen LogP contribution is -2.53. The first-order valence-electron chi connectivity index (χ1n) is 10.1. The largest absolute Gasteiger partial charge is 0.480 e. The molecule has 178 valence electrons. The lowest BCUT2D eigenvalue weighted by atomic mass is 10.2. The molecule has 1 saturated heterocycles. The summed E-state index contributed by atoms with van der Waals surface area (Å²) in [5.74, 6) is -4.10. The van der Waals surface area contributed by atoms with Crippen molar-refractivity contribution in [2.75, 3.05) is 85.6 Å². The Kier molecular flexibility index (Phi) is 12.0. The molecule has 0 amide bonds. The first-order valence-corrected chi connectivity index (χ1v) is 10.1. The van der Waals surface area contributed by atoms with Crippen LogP contribution in [-0.4, -0.2) is 156 Å². The van der Waals surface area contributed by atoms with Gasteiger partial charge in [-0.3, -0.25) is 38.8 Å². The zero-order valence-corrected chi connectivity index (χ0v) is 17.8. The minimum absolute atomic E-state index is 0.180. The van der Waals surface area contributed by atoms with Crippen LogP contribution in [0.15, 0.2) is 0 Å². The fourth-order valence-corrected chi connectivity index (χ4v) is 3.48. The fraction of sp³-hybridized carbons (Fsp3) is 0.778. The topological polar surface area (TPSA) is 174 Å². The fourth-order valence-electron chi connectivity index (χ4n) is 3.48. The molecule has 1 aliphatic rings. The van der Waals surface area contributed by atoms with E-state index in [0.29, 0.717) is 13.1 Å². The quantitative estimate of drug-likeness (QED) is 0.231. The number of likely N-dealkylation sites (N-methyl/N-ethyl adjacent to an activating group) is 1. The smallest absolute Gasteiger partial charge is 0.322 e. The first kappa shape index (κ1) is 26.7. The summed E-state index contributed by atoms with van der Waals surface area (Å²) in [4.78, 5) is 52.1. The van der Waals surface area contributed by atoms with E-state index < -0.39 is 29.9 Å². The van der Waals surface area contributed by atoms with Crippen LogP contribution in [0.5, 0.6) is 0 Å². The molecule has 0 aliphatic carbocycles. The van der Waals surface area contributed by atoms with Gasteiger partial charge in [0.2, 0.25) is 0 Å². The molecule has 13 heteroatoms. The van der Waals surface area contributed by atoms with Gasteiger partial charge in [0.1, 0.15) is 6.04 Å². The number of carbonyl (C=O) groups is 4. The third-order valence-electron chi connectivity index (χ3n) is 5.07. The van der Waals surface area contributed by atoms with Gasteiger partial charge in [0.05, 0.1) is 19.6 Å². The van der Waals surface area contributed by atoms with Gasteiger partial charge in [-0.1, -0.05) is 0 Å². The van der Waals surface area contributed by atoms with E-state index in [1.54, 1.807) is 26.6 Å². The zero-order valence-electron chi connectivity index (χ0n) is 17.8. The minimum atomic E-state index is -1.03.